The summed E-state index contributed by atoms with van der Waals surface area (Å²) in [5.74, 6) is 2.03. The van der Waals surface area contributed by atoms with Crippen molar-refractivity contribution in [3.63, 3.8) is 0 Å². The van der Waals surface area contributed by atoms with E-state index >= 15 is 0 Å². The van der Waals surface area contributed by atoms with Crippen LogP contribution in [0.2, 0.25) is 0 Å². The molecule has 0 saturated carbocycles. The molecule has 0 fully saturated rings. The second-order valence-electron chi connectivity index (χ2n) is 10.3. The SMILES string of the molecule is COc1ccc(/C=C/C(=O)c2c(-c3ccccc3)nc3n(Cc4ccccc4)c4ccccc4n23)c2c(OC)cccc12. The molecule has 7 aromatic rings. The molecule has 5 aromatic carbocycles. The highest BCUT2D eigenvalue weighted by molar-refractivity contribution is 6.12. The third kappa shape index (κ3) is 4.53. The maximum absolute atomic E-state index is 14.3. The van der Waals surface area contributed by atoms with Crippen molar-refractivity contribution >= 4 is 39.4 Å². The maximum atomic E-state index is 14.3. The lowest BCUT2D eigenvalue weighted by atomic mass is 10.0. The Bertz CT molecular complexity index is 2140. The topological polar surface area (TPSA) is 57.8 Å². The first kappa shape index (κ1) is 26.3. The van der Waals surface area contributed by atoms with E-state index in [2.05, 4.69) is 22.8 Å². The van der Waals surface area contributed by atoms with Gasteiger partial charge in [0.2, 0.25) is 11.6 Å². The lowest BCUT2D eigenvalue weighted by Gasteiger charge is -2.11. The number of carbonyl (C=O) groups excluding carboxylic acids is 1. The Balaban J connectivity index is 1.43. The number of ketones is 1. The normalized spacial score (nSPS) is 11.6. The number of hydrogen-bond donors (Lipinski definition) is 0. The average Bonchev–Trinajstić information content (AvgIpc) is 3.60. The molecule has 0 unspecified atom stereocenters. The molecule has 0 atom stereocenters. The van der Waals surface area contributed by atoms with Gasteiger partial charge >= 0.3 is 0 Å². The summed E-state index contributed by atoms with van der Waals surface area (Å²) in [7, 11) is 3.30. The maximum Gasteiger partial charge on any atom is 0.216 e. The number of nitrogens with zero attached hydrogens (tertiary/aromatic N) is 3. The van der Waals surface area contributed by atoms with E-state index in [4.69, 9.17) is 14.5 Å². The molecule has 0 spiro atoms. The van der Waals surface area contributed by atoms with Crippen molar-refractivity contribution in [3.8, 4) is 22.8 Å². The van der Waals surface area contributed by atoms with Crippen molar-refractivity contribution in [1.29, 1.82) is 0 Å². The zero-order valence-electron chi connectivity index (χ0n) is 23.9. The van der Waals surface area contributed by atoms with Crippen LogP contribution in [0.25, 0.3) is 44.9 Å². The van der Waals surface area contributed by atoms with E-state index in [1.54, 1.807) is 20.3 Å². The van der Waals surface area contributed by atoms with Gasteiger partial charge in [-0.3, -0.25) is 9.20 Å². The smallest absolute Gasteiger partial charge is 0.216 e. The van der Waals surface area contributed by atoms with Gasteiger partial charge in [-0.15, -0.1) is 0 Å². The van der Waals surface area contributed by atoms with Gasteiger partial charge in [0.1, 0.15) is 22.9 Å². The Morgan fingerprint density at radius 3 is 2.19 bits per heavy atom. The summed E-state index contributed by atoms with van der Waals surface area (Å²) < 4.78 is 15.5. The molecule has 7 rings (SSSR count). The average molecular weight is 564 g/mol. The molecule has 0 saturated heterocycles. The lowest BCUT2D eigenvalue weighted by Crippen LogP contribution is -2.02. The summed E-state index contributed by atoms with van der Waals surface area (Å²) in [6.07, 6.45) is 3.48. The summed E-state index contributed by atoms with van der Waals surface area (Å²) in [5.41, 5.74) is 6.00. The molecule has 0 bridgehead atoms. The van der Waals surface area contributed by atoms with E-state index < -0.39 is 0 Å². The van der Waals surface area contributed by atoms with Gasteiger partial charge in [-0.2, -0.15) is 0 Å². The summed E-state index contributed by atoms with van der Waals surface area (Å²) in [5, 5.41) is 1.80. The van der Waals surface area contributed by atoms with Crippen molar-refractivity contribution in [2.45, 2.75) is 6.54 Å². The second-order valence-corrected chi connectivity index (χ2v) is 10.3. The van der Waals surface area contributed by atoms with Gasteiger partial charge in [-0.25, -0.2) is 4.98 Å². The number of imidazole rings is 2. The van der Waals surface area contributed by atoms with E-state index in [0.29, 0.717) is 23.7 Å². The standard InChI is InChI=1S/C37H29N3O3/c1-42-32-23-21-26(34-28(32)16-11-19-33(34)43-2)20-22-31(41)36-35(27-14-7-4-8-15-27)38-37-39(24-25-12-5-3-6-13-25)29-17-9-10-18-30(29)40(36)37/h3-23H,24H2,1-2H3/b22-20+. The number of aromatic nitrogens is 3. The first-order valence-corrected chi connectivity index (χ1v) is 14.1. The Kier molecular flexibility index (Phi) is 6.72. The molecule has 0 aliphatic rings. The minimum atomic E-state index is -0.146. The lowest BCUT2D eigenvalue weighted by molar-refractivity contribution is 0.104. The number of hydrogen-bond acceptors (Lipinski definition) is 4. The molecule has 0 aliphatic carbocycles. The van der Waals surface area contributed by atoms with E-state index in [1.807, 2.05) is 108 Å². The number of ether oxygens (including phenoxy) is 2. The summed E-state index contributed by atoms with van der Waals surface area (Å²) in [6.45, 7) is 0.629. The first-order valence-electron chi connectivity index (χ1n) is 14.1. The largest absolute Gasteiger partial charge is 0.496 e. The van der Waals surface area contributed by atoms with E-state index in [1.165, 1.54) is 0 Å². The predicted molar refractivity (Wildman–Crippen MR) is 172 cm³/mol. The van der Waals surface area contributed by atoms with Crippen LogP contribution in [0.4, 0.5) is 0 Å². The molecule has 0 radical (unpaired) electrons. The van der Waals surface area contributed by atoms with Crippen LogP contribution in [0.15, 0.2) is 121 Å². The van der Waals surface area contributed by atoms with Gasteiger partial charge in [0.15, 0.2) is 0 Å². The Labute approximate surface area is 249 Å². The van der Waals surface area contributed by atoms with Gasteiger partial charge in [-0.1, -0.05) is 97.1 Å². The summed E-state index contributed by atoms with van der Waals surface area (Å²) in [4.78, 5) is 19.4. The van der Waals surface area contributed by atoms with E-state index in [0.717, 1.165) is 50.0 Å². The number of benzene rings is 5. The van der Waals surface area contributed by atoms with Crippen LogP contribution in [0.1, 0.15) is 21.6 Å². The van der Waals surface area contributed by atoms with Crippen molar-refractivity contribution in [2.75, 3.05) is 14.2 Å². The summed E-state index contributed by atoms with van der Waals surface area (Å²) >= 11 is 0. The highest BCUT2D eigenvalue weighted by Crippen LogP contribution is 2.36. The Morgan fingerprint density at radius 1 is 0.744 bits per heavy atom. The molecular weight excluding hydrogens is 534 g/mol. The molecule has 0 N–H and O–H groups in total. The van der Waals surface area contributed by atoms with Crippen LogP contribution in [-0.4, -0.2) is 34.0 Å². The summed E-state index contributed by atoms with van der Waals surface area (Å²) in [6, 6.07) is 38.0. The molecule has 43 heavy (non-hydrogen) atoms. The third-order valence-electron chi connectivity index (χ3n) is 7.83. The number of methoxy groups -OCH3 is 2. The fraction of sp³-hybridized carbons (Fsp3) is 0.0811. The molecule has 2 aromatic heterocycles. The fourth-order valence-corrected chi connectivity index (χ4v) is 5.86. The number of para-hydroxylation sites is 2. The van der Waals surface area contributed by atoms with Crippen molar-refractivity contribution < 1.29 is 14.3 Å². The second kappa shape index (κ2) is 11.0. The number of fused-ring (bicyclic) bond motifs is 4. The number of allylic oxidation sites excluding steroid dienone is 1. The van der Waals surface area contributed by atoms with E-state index in [9.17, 15) is 4.79 Å². The molecule has 0 aliphatic heterocycles. The van der Waals surface area contributed by atoms with Crippen LogP contribution in [0.3, 0.4) is 0 Å². The van der Waals surface area contributed by atoms with Crippen LogP contribution in [0, 0.1) is 0 Å². The highest BCUT2D eigenvalue weighted by Gasteiger charge is 2.24. The Hall–Kier alpha value is -5.62. The van der Waals surface area contributed by atoms with Gasteiger partial charge in [0, 0.05) is 16.3 Å². The van der Waals surface area contributed by atoms with Gasteiger partial charge in [-0.05, 0) is 41.5 Å². The number of carbonyl (C=O) groups is 1. The van der Waals surface area contributed by atoms with E-state index in [-0.39, 0.29) is 5.78 Å². The monoisotopic (exact) mass is 563 g/mol. The minimum Gasteiger partial charge on any atom is -0.496 e. The molecule has 210 valence electrons. The molecule has 0 amide bonds. The third-order valence-corrected chi connectivity index (χ3v) is 7.83. The first-order chi connectivity index (χ1) is 21.2. The fourth-order valence-electron chi connectivity index (χ4n) is 5.86. The molecule has 2 heterocycles. The zero-order valence-corrected chi connectivity index (χ0v) is 23.9. The number of rotatable bonds is 8. The zero-order chi connectivity index (χ0) is 29.3. The quantitative estimate of drug-likeness (QED) is 0.139. The van der Waals surface area contributed by atoms with Gasteiger partial charge in [0.05, 0.1) is 31.8 Å². The van der Waals surface area contributed by atoms with Gasteiger partial charge < -0.3 is 14.0 Å². The predicted octanol–water partition coefficient (Wildman–Crippen LogP) is 8.07. The van der Waals surface area contributed by atoms with Crippen LogP contribution >= 0.6 is 0 Å². The molecule has 6 nitrogen and oxygen atoms in total. The molecule has 6 heteroatoms. The van der Waals surface area contributed by atoms with Crippen molar-refractivity contribution in [1.82, 2.24) is 14.0 Å². The Morgan fingerprint density at radius 2 is 1.44 bits per heavy atom. The highest BCUT2D eigenvalue weighted by atomic mass is 16.5. The van der Waals surface area contributed by atoms with Crippen LogP contribution < -0.4 is 9.47 Å². The van der Waals surface area contributed by atoms with Crippen LogP contribution in [-0.2, 0) is 6.54 Å². The van der Waals surface area contributed by atoms with Gasteiger partial charge in [0.25, 0.3) is 0 Å². The minimum absolute atomic E-state index is 0.146. The van der Waals surface area contributed by atoms with Crippen LogP contribution in [0.5, 0.6) is 11.5 Å². The van der Waals surface area contributed by atoms with Crippen molar-refractivity contribution in [2.24, 2.45) is 0 Å². The van der Waals surface area contributed by atoms with Crippen molar-refractivity contribution in [3.05, 3.63) is 138 Å². The molecular formula is C37H29N3O3.